The van der Waals surface area contributed by atoms with Crippen LogP contribution in [0.1, 0.15) is 40.5 Å². The number of allylic oxidation sites excluding steroid dienone is 2. The Morgan fingerprint density at radius 2 is 0.941 bits per heavy atom. The van der Waals surface area contributed by atoms with Crippen LogP contribution in [0.2, 0.25) is 0 Å². The summed E-state index contributed by atoms with van der Waals surface area (Å²) in [7, 11) is 0. The van der Waals surface area contributed by atoms with Crippen LogP contribution in [0.15, 0.2) is 12.2 Å². The third kappa shape index (κ3) is 3.37. The number of carboxylic acids is 2. The molecule has 2 aliphatic heterocycles. The number of aliphatic carboxylic acids is 2. The van der Waals surface area contributed by atoms with Crippen molar-refractivity contribution in [3.8, 4) is 0 Å². The van der Waals surface area contributed by atoms with E-state index in [-0.39, 0.29) is 24.7 Å². The summed E-state index contributed by atoms with van der Waals surface area (Å²) in [6.07, 6.45) is 3.55. The van der Waals surface area contributed by atoms with Crippen LogP contribution in [-0.2, 0) is 28.8 Å². The molecule has 6 atom stereocenters. The SMILES string of the molecule is CC(C)C[C@@H](C(=O)O)N1C(=O)[C@@H]2C3C=CC([C@@H]2C1=O)[C@@H]1C(=O)N([C@@H](CC(C)C)C(=O)O)C(=O)[C@H]31. The van der Waals surface area contributed by atoms with Gasteiger partial charge in [0.15, 0.2) is 0 Å². The molecular formula is C24H30N2O8. The molecule has 2 bridgehead atoms. The summed E-state index contributed by atoms with van der Waals surface area (Å²) in [5.41, 5.74) is 0. The Hall–Kier alpha value is -3.04. The van der Waals surface area contributed by atoms with E-state index in [1.807, 2.05) is 0 Å². The van der Waals surface area contributed by atoms with Gasteiger partial charge in [0, 0.05) is 11.8 Å². The molecule has 0 aromatic heterocycles. The molecule has 3 fully saturated rings. The van der Waals surface area contributed by atoms with Crippen LogP contribution in [0.4, 0.5) is 0 Å². The molecule has 0 radical (unpaired) electrons. The summed E-state index contributed by atoms with van der Waals surface area (Å²) in [5, 5.41) is 19.5. The molecule has 2 heterocycles. The third-order valence-electron chi connectivity index (χ3n) is 7.66. The summed E-state index contributed by atoms with van der Waals surface area (Å²) in [4.78, 5) is 79.2. The largest absolute Gasteiger partial charge is 0.480 e. The first kappa shape index (κ1) is 24.1. The molecule has 5 aliphatic rings. The van der Waals surface area contributed by atoms with E-state index >= 15 is 0 Å². The number of carbonyl (C=O) groups excluding carboxylic acids is 4. The van der Waals surface area contributed by atoms with E-state index in [1.165, 1.54) is 0 Å². The van der Waals surface area contributed by atoms with Gasteiger partial charge in [-0.1, -0.05) is 39.8 Å². The van der Waals surface area contributed by atoms with Crippen molar-refractivity contribution >= 4 is 35.6 Å². The van der Waals surface area contributed by atoms with Gasteiger partial charge in [-0.15, -0.1) is 0 Å². The molecule has 10 heteroatoms. The van der Waals surface area contributed by atoms with Crippen LogP contribution in [0.5, 0.6) is 0 Å². The monoisotopic (exact) mass is 474 g/mol. The predicted octanol–water partition coefficient (Wildman–Crippen LogP) is 1.00. The van der Waals surface area contributed by atoms with Gasteiger partial charge in [-0.05, 0) is 24.7 Å². The van der Waals surface area contributed by atoms with Crippen LogP contribution in [0, 0.1) is 47.3 Å². The maximum atomic E-state index is 13.4. The molecule has 0 aromatic carbocycles. The molecule has 1 saturated carbocycles. The van der Waals surface area contributed by atoms with Gasteiger partial charge in [0.1, 0.15) is 12.1 Å². The topological polar surface area (TPSA) is 149 Å². The minimum Gasteiger partial charge on any atom is -0.480 e. The van der Waals surface area contributed by atoms with Gasteiger partial charge in [-0.3, -0.25) is 29.0 Å². The van der Waals surface area contributed by atoms with Gasteiger partial charge in [-0.2, -0.15) is 0 Å². The highest BCUT2D eigenvalue weighted by Gasteiger charge is 2.70. The first-order chi connectivity index (χ1) is 15.9. The van der Waals surface area contributed by atoms with Crippen molar-refractivity contribution in [1.29, 1.82) is 0 Å². The Kier molecular flexibility index (Phi) is 5.90. The lowest BCUT2D eigenvalue weighted by atomic mass is 9.54. The zero-order valence-electron chi connectivity index (χ0n) is 19.6. The summed E-state index contributed by atoms with van der Waals surface area (Å²) in [5.74, 6) is -10.4. The minimum atomic E-state index is -1.31. The van der Waals surface area contributed by atoms with Crippen LogP contribution >= 0.6 is 0 Å². The Bertz CT molecular complexity index is 879. The van der Waals surface area contributed by atoms with Crippen molar-refractivity contribution in [3.05, 3.63) is 12.2 Å². The molecule has 2 N–H and O–H groups in total. The number of amides is 4. The van der Waals surface area contributed by atoms with Crippen molar-refractivity contribution in [1.82, 2.24) is 9.80 Å². The van der Waals surface area contributed by atoms with E-state index in [0.717, 1.165) is 9.80 Å². The summed E-state index contributed by atoms with van der Waals surface area (Å²) in [6, 6.07) is -2.62. The second-order valence-corrected chi connectivity index (χ2v) is 10.7. The molecule has 184 valence electrons. The van der Waals surface area contributed by atoms with Crippen LogP contribution < -0.4 is 0 Å². The lowest BCUT2D eigenvalue weighted by Gasteiger charge is -2.44. The fraction of sp³-hybridized carbons (Fsp3) is 0.667. The fourth-order valence-corrected chi connectivity index (χ4v) is 6.41. The van der Waals surface area contributed by atoms with E-state index in [4.69, 9.17) is 0 Å². The Morgan fingerprint density at radius 1 is 0.676 bits per heavy atom. The summed E-state index contributed by atoms with van der Waals surface area (Å²) in [6.45, 7) is 7.19. The number of rotatable bonds is 8. The van der Waals surface area contributed by atoms with Gasteiger partial charge < -0.3 is 10.2 Å². The minimum absolute atomic E-state index is 0.0795. The predicted molar refractivity (Wildman–Crippen MR) is 116 cm³/mol. The molecule has 2 saturated heterocycles. The van der Waals surface area contributed by atoms with E-state index in [9.17, 15) is 39.0 Å². The fourth-order valence-electron chi connectivity index (χ4n) is 6.41. The first-order valence-corrected chi connectivity index (χ1v) is 11.8. The van der Waals surface area contributed by atoms with Gasteiger partial charge in [-0.25, -0.2) is 9.59 Å². The number of carbonyl (C=O) groups is 6. The van der Waals surface area contributed by atoms with Crippen molar-refractivity contribution in [2.45, 2.75) is 52.6 Å². The highest BCUT2D eigenvalue weighted by Crippen LogP contribution is 2.58. The van der Waals surface area contributed by atoms with Crippen molar-refractivity contribution in [2.75, 3.05) is 0 Å². The molecule has 10 nitrogen and oxygen atoms in total. The van der Waals surface area contributed by atoms with Gasteiger partial charge in [0.05, 0.1) is 23.7 Å². The van der Waals surface area contributed by atoms with E-state index < -0.39 is 83.2 Å². The Balaban J connectivity index is 1.70. The van der Waals surface area contributed by atoms with E-state index in [1.54, 1.807) is 39.8 Å². The summed E-state index contributed by atoms with van der Waals surface area (Å²) < 4.78 is 0. The molecule has 0 spiro atoms. The standard InChI is InChI=1S/C24H30N2O8/c1-9(2)7-13(23(31)32)25-19(27)15-11-5-6-12(16(15)20(25)28)18-17(11)21(29)26(22(18)30)14(24(33)34)8-10(3)4/h5-6,9-18H,7-8H2,1-4H3,(H,31,32)(H,33,34)/t11?,12?,13-,14-,15-,16+,17-,18+/m0/s1. The highest BCUT2D eigenvalue weighted by atomic mass is 16.4. The number of hydrogen-bond acceptors (Lipinski definition) is 6. The van der Waals surface area contributed by atoms with Gasteiger partial charge in [0.2, 0.25) is 23.6 Å². The van der Waals surface area contributed by atoms with Gasteiger partial charge >= 0.3 is 11.9 Å². The lowest BCUT2D eigenvalue weighted by Crippen LogP contribution is -2.50. The summed E-state index contributed by atoms with van der Waals surface area (Å²) >= 11 is 0. The Morgan fingerprint density at radius 3 is 1.15 bits per heavy atom. The van der Waals surface area contributed by atoms with E-state index in [0.29, 0.717) is 0 Å². The number of likely N-dealkylation sites (tertiary alicyclic amines) is 2. The van der Waals surface area contributed by atoms with Crippen molar-refractivity contribution < 1.29 is 39.0 Å². The van der Waals surface area contributed by atoms with E-state index in [2.05, 4.69) is 0 Å². The second-order valence-electron chi connectivity index (χ2n) is 10.7. The average Bonchev–Trinajstić information content (AvgIpc) is 3.17. The quantitative estimate of drug-likeness (QED) is 0.391. The number of carboxylic acid groups (broad SMARTS) is 2. The molecule has 3 aliphatic carbocycles. The van der Waals surface area contributed by atoms with Crippen LogP contribution in [-0.4, -0.2) is 67.7 Å². The zero-order valence-corrected chi connectivity index (χ0v) is 19.6. The van der Waals surface area contributed by atoms with Crippen LogP contribution in [0.3, 0.4) is 0 Å². The zero-order chi connectivity index (χ0) is 25.2. The smallest absolute Gasteiger partial charge is 0.326 e. The maximum Gasteiger partial charge on any atom is 0.326 e. The third-order valence-corrected chi connectivity index (χ3v) is 7.66. The molecule has 0 unspecified atom stereocenters. The molecule has 0 aromatic rings. The van der Waals surface area contributed by atoms with Crippen molar-refractivity contribution in [3.63, 3.8) is 0 Å². The number of imide groups is 2. The Labute approximate surface area is 196 Å². The molecule has 34 heavy (non-hydrogen) atoms. The van der Waals surface area contributed by atoms with Crippen molar-refractivity contribution in [2.24, 2.45) is 47.3 Å². The number of nitrogens with zero attached hydrogens (tertiary/aromatic N) is 2. The normalized spacial score (nSPS) is 33.7. The second kappa shape index (κ2) is 8.32. The maximum absolute atomic E-state index is 13.4. The highest BCUT2D eigenvalue weighted by molar-refractivity contribution is 6.13. The average molecular weight is 475 g/mol. The first-order valence-electron chi connectivity index (χ1n) is 11.8. The number of hydrogen-bond donors (Lipinski definition) is 2. The molecular weight excluding hydrogens is 444 g/mol. The molecule has 5 rings (SSSR count). The molecule has 4 amide bonds. The lowest BCUT2D eigenvalue weighted by molar-refractivity contribution is -0.156. The van der Waals surface area contributed by atoms with Crippen LogP contribution in [0.25, 0.3) is 0 Å². The van der Waals surface area contributed by atoms with Gasteiger partial charge in [0.25, 0.3) is 0 Å².